The molecule has 2 N–H and O–H groups in total. The van der Waals surface area contributed by atoms with Crippen LogP contribution in [0.15, 0.2) is 23.1 Å². The lowest BCUT2D eigenvalue weighted by Crippen LogP contribution is -2.26. The minimum atomic E-state index is 0.246. The summed E-state index contributed by atoms with van der Waals surface area (Å²) >= 11 is 0. The molecule has 0 radical (unpaired) electrons. The molecule has 1 aliphatic rings. The zero-order valence-electron chi connectivity index (χ0n) is 9.99. The minimum absolute atomic E-state index is 0.246. The van der Waals surface area contributed by atoms with Gasteiger partial charge in [-0.05, 0) is 19.3 Å². The van der Waals surface area contributed by atoms with Gasteiger partial charge in [-0.1, -0.05) is 11.6 Å². The molecule has 94 valence electrons. The molecule has 0 bridgehead atoms. The van der Waals surface area contributed by atoms with E-state index in [-0.39, 0.29) is 12.0 Å². The molecule has 3 rings (SSSR count). The van der Waals surface area contributed by atoms with Crippen molar-refractivity contribution in [2.75, 3.05) is 0 Å². The molecule has 0 amide bonds. The highest BCUT2D eigenvalue weighted by molar-refractivity contribution is 5.45. The standard InChI is InChI=1S/C12H15N5O/c13-9-3-1-2-8(6-9)12-16-11(17-18-12)10-7-14-4-5-15-10/h4-5,7-9H,1-3,6,13H2. The van der Waals surface area contributed by atoms with Crippen LogP contribution in [0, 0.1) is 0 Å². The van der Waals surface area contributed by atoms with E-state index in [0.717, 1.165) is 25.7 Å². The zero-order valence-corrected chi connectivity index (χ0v) is 9.99. The largest absolute Gasteiger partial charge is 0.339 e. The maximum absolute atomic E-state index is 5.97. The molecule has 1 aliphatic carbocycles. The molecule has 2 heterocycles. The Morgan fingerprint density at radius 1 is 1.28 bits per heavy atom. The van der Waals surface area contributed by atoms with E-state index in [4.69, 9.17) is 10.3 Å². The second-order valence-electron chi connectivity index (χ2n) is 4.67. The van der Waals surface area contributed by atoms with Crippen LogP contribution in [-0.4, -0.2) is 26.2 Å². The van der Waals surface area contributed by atoms with E-state index in [9.17, 15) is 0 Å². The van der Waals surface area contributed by atoms with Crippen molar-refractivity contribution in [2.24, 2.45) is 5.73 Å². The van der Waals surface area contributed by atoms with Gasteiger partial charge in [0.05, 0.1) is 6.20 Å². The first-order chi connectivity index (χ1) is 8.83. The number of rotatable bonds is 2. The summed E-state index contributed by atoms with van der Waals surface area (Å²) < 4.78 is 5.32. The molecule has 0 saturated heterocycles. The first-order valence-corrected chi connectivity index (χ1v) is 6.18. The third kappa shape index (κ3) is 2.24. The van der Waals surface area contributed by atoms with E-state index in [1.54, 1.807) is 18.6 Å². The summed E-state index contributed by atoms with van der Waals surface area (Å²) in [6.45, 7) is 0. The Morgan fingerprint density at radius 3 is 3.00 bits per heavy atom. The quantitative estimate of drug-likeness (QED) is 0.862. The van der Waals surface area contributed by atoms with Gasteiger partial charge >= 0.3 is 0 Å². The molecule has 2 aromatic rings. The van der Waals surface area contributed by atoms with Crippen molar-refractivity contribution < 1.29 is 4.52 Å². The summed E-state index contributed by atoms with van der Waals surface area (Å²) in [7, 11) is 0. The highest BCUT2D eigenvalue weighted by Gasteiger charge is 2.25. The summed E-state index contributed by atoms with van der Waals surface area (Å²) in [6, 6.07) is 0.246. The van der Waals surface area contributed by atoms with E-state index in [1.165, 1.54) is 0 Å². The Morgan fingerprint density at radius 2 is 2.22 bits per heavy atom. The summed E-state index contributed by atoms with van der Waals surface area (Å²) in [5.74, 6) is 1.45. The lowest BCUT2D eigenvalue weighted by molar-refractivity contribution is 0.299. The van der Waals surface area contributed by atoms with Gasteiger partial charge < -0.3 is 10.3 Å². The summed E-state index contributed by atoms with van der Waals surface area (Å²) in [5, 5.41) is 3.96. The van der Waals surface area contributed by atoms with Gasteiger partial charge in [0, 0.05) is 24.4 Å². The Bertz CT molecular complexity index is 512. The molecule has 0 spiro atoms. The maximum Gasteiger partial charge on any atom is 0.230 e. The summed E-state index contributed by atoms with van der Waals surface area (Å²) in [5.41, 5.74) is 6.60. The van der Waals surface area contributed by atoms with E-state index in [0.29, 0.717) is 17.4 Å². The zero-order chi connectivity index (χ0) is 12.4. The van der Waals surface area contributed by atoms with Crippen LogP contribution in [0.5, 0.6) is 0 Å². The number of aromatic nitrogens is 4. The monoisotopic (exact) mass is 245 g/mol. The fourth-order valence-electron chi connectivity index (χ4n) is 2.37. The first kappa shape index (κ1) is 11.3. The van der Waals surface area contributed by atoms with Gasteiger partial charge in [0.1, 0.15) is 5.69 Å². The minimum Gasteiger partial charge on any atom is -0.339 e. The van der Waals surface area contributed by atoms with Gasteiger partial charge in [-0.2, -0.15) is 4.98 Å². The predicted molar refractivity (Wildman–Crippen MR) is 64.5 cm³/mol. The van der Waals surface area contributed by atoms with Crippen LogP contribution < -0.4 is 5.73 Å². The fraction of sp³-hybridized carbons (Fsp3) is 0.500. The van der Waals surface area contributed by atoms with Gasteiger partial charge in [0.25, 0.3) is 0 Å². The van der Waals surface area contributed by atoms with Crippen LogP contribution in [-0.2, 0) is 0 Å². The molecule has 1 fully saturated rings. The van der Waals surface area contributed by atoms with Crippen molar-refractivity contribution in [1.29, 1.82) is 0 Å². The van der Waals surface area contributed by atoms with Crippen molar-refractivity contribution in [2.45, 2.75) is 37.6 Å². The van der Waals surface area contributed by atoms with E-state index in [1.807, 2.05) is 0 Å². The molecule has 2 atom stereocenters. The Kier molecular flexibility index (Phi) is 3.02. The van der Waals surface area contributed by atoms with E-state index < -0.39 is 0 Å². The average molecular weight is 245 g/mol. The fourth-order valence-corrected chi connectivity index (χ4v) is 2.37. The van der Waals surface area contributed by atoms with Crippen molar-refractivity contribution in [3.05, 3.63) is 24.5 Å². The third-order valence-corrected chi connectivity index (χ3v) is 3.30. The van der Waals surface area contributed by atoms with Crippen molar-refractivity contribution in [1.82, 2.24) is 20.1 Å². The number of hydrogen-bond donors (Lipinski definition) is 1. The molecular weight excluding hydrogens is 230 g/mol. The number of hydrogen-bond acceptors (Lipinski definition) is 6. The molecular formula is C12H15N5O. The second kappa shape index (κ2) is 4.81. The van der Waals surface area contributed by atoms with Crippen molar-refractivity contribution >= 4 is 0 Å². The number of nitrogens with two attached hydrogens (primary N) is 1. The average Bonchev–Trinajstić information content (AvgIpc) is 2.89. The van der Waals surface area contributed by atoms with Gasteiger partial charge in [0.2, 0.25) is 11.7 Å². The summed E-state index contributed by atoms with van der Waals surface area (Å²) in [6.07, 6.45) is 9.04. The highest BCUT2D eigenvalue weighted by Crippen LogP contribution is 2.31. The SMILES string of the molecule is NC1CCCC(c2nc(-c3cnccn3)no2)C1. The second-order valence-corrected chi connectivity index (χ2v) is 4.67. The van der Waals surface area contributed by atoms with Gasteiger partial charge in [-0.25, -0.2) is 4.98 Å². The van der Waals surface area contributed by atoms with Crippen molar-refractivity contribution in [3.8, 4) is 11.5 Å². The van der Waals surface area contributed by atoms with Gasteiger partial charge in [-0.15, -0.1) is 0 Å². The van der Waals surface area contributed by atoms with Crippen LogP contribution in [0.2, 0.25) is 0 Å². The third-order valence-electron chi connectivity index (χ3n) is 3.30. The number of nitrogens with zero attached hydrogens (tertiary/aromatic N) is 4. The maximum atomic E-state index is 5.97. The lowest BCUT2D eigenvalue weighted by Gasteiger charge is -2.23. The molecule has 0 aliphatic heterocycles. The van der Waals surface area contributed by atoms with E-state index in [2.05, 4.69) is 20.1 Å². The topological polar surface area (TPSA) is 90.7 Å². The molecule has 6 nitrogen and oxygen atoms in total. The lowest BCUT2D eigenvalue weighted by atomic mass is 9.86. The molecule has 18 heavy (non-hydrogen) atoms. The van der Waals surface area contributed by atoms with Crippen LogP contribution in [0.1, 0.15) is 37.5 Å². The Labute approximate surface area is 105 Å². The summed E-state index contributed by atoms with van der Waals surface area (Å²) in [4.78, 5) is 12.5. The van der Waals surface area contributed by atoms with Crippen LogP contribution in [0.3, 0.4) is 0 Å². The molecule has 0 aromatic carbocycles. The normalized spacial score (nSPS) is 24.1. The van der Waals surface area contributed by atoms with Crippen LogP contribution >= 0.6 is 0 Å². The van der Waals surface area contributed by atoms with Crippen LogP contribution in [0.25, 0.3) is 11.5 Å². The first-order valence-electron chi connectivity index (χ1n) is 6.18. The van der Waals surface area contributed by atoms with Crippen LogP contribution in [0.4, 0.5) is 0 Å². The Hall–Kier alpha value is -1.82. The molecule has 2 unspecified atom stereocenters. The highest BCUT2D eigenvalue weighted by atomic mass is 16.5. The molecule has 1 saturated carbocycles. The van der Waals surface area contributed by atoms with E-state index >= 15 is 0 Å². The predicted octanol–water partition coefficient (Wildman–Crippen LogP) is 1.51. The van der Waals surface area contributed by atoms with Crippen molar-refractivity contribution in [3.63, 3.8) is 0 Å². The Balaban J connectivity index is 1.81. The van der Waals surface area contributed by atoms with Gasteiger partial charge in [-0.3, -0.25) is 4.98 Å². The molecule has 6 heteroatoms. The smallest absolute Gasteiger partial charge is 0.230 e. The van der Waals surface area contributed by atoms with Gasteiger partial charge in [0.15, 0.2) is 0 Å². The molecule has 2 aromatic heterocycles.